The third-order valence-corrected chi connectivity index (χ3v) is 5.62. The minimum absolute atomic E-state index is 0.251. The van der Waals surface area contributed by atoms with E-state index in [1.807, 2.05) is 31.2 Å². The summed E-state index contributed by atoms with van der Waals surface area (Å²) in [5, 5.41) is 19.2. The standard InChI is InChI=1S/C22H28N6O2/c1-15-25-26-27-28(15)18-8-11-21(30-3)17(13-18)14-24-20-5-4-12-23-22(20)16-6-9-19(29-2)10-7-16/h6-11,13,20,22-24H,4-5,12,14H2,1-3H3/t20-,22-/m0/s1. The van der Waals surface area contributed by atoms with Crippen LogP contribution in [0.1, 0.15) is 35.8 Å². The summed E-state index contributed by atoms with van der Waals surface area (Å²) >= 11 is 0. The maximum absolute atomic E-state index is 5.59. The largest absolute Gasteiger partial charge is 0.497 e. The molecule has 2 atom stereocenters. The molecule has 1 aliphatic heterocycles. The third-order valence-electron chi connectivity index (χ3n) is 5.62. The van der Waals surface area contributed by atoms with Gasteiger partial charge in [0, 0.05) is 24.2 Å². The number of rotatable bonds is 7. The van der Waals surface area contributed by atoms with Gasteiger partial charge in [-0.2, -0.15) is 4.68 Å². The Hall–Kier alpha value is -2.97. The monoisotopic (exact) mass is 408 g/mol. The van der Waals surface area contributed by atoms with Crippen molar-refractivity contribution in [2.45, 2.75) is 38.4 Å². The molecule has 0 bridgehead atoms. The van der Waals surface area contributed by atoms with Crippen molar-refractivity contribution in [3.05, 3.63) is 59.4 Å². The molecule has 1 aliphatic rings. The summed E-state index contributed by atoms with van der Waals surface area (Å²) in [4.78, 5) is 0. The van der Waals surface area contributed by atoms with Crippen LogP contribution in [-0.4, -0.2) is 47.0 Å². The lowest BCUT2D eigenvalue weighted by Gasteiger charge is -2.34. The van der Waals surface area contributed by atoms with Gasteiger partial charge in [0.1, 0.15) is 11.5 Å². The Balaban J connectivity index is 1.52. The minimum atomic E-state index is 0.251. The van der Waals surface area contributed by atoms with E-state index >= 15 is 0 Å². The van der Waals surface area contributed by atoms with Crippen LogP contribution in [0.4, 0.5) is 0 Å². The second-order valence-corrected chi connectivity index (χ2v) is 7.47. The Bertz CT molecular complexity index is 972. The molecule has 0 saturated carbocycles. The maximum Gasteiger partial charge on any atom is 0.153 e. The number of hydrogen-bond acceptors (Lipinski definition) is 7. The predicted octanol–water partition coefficient (Wildman–Crippen LogP) is 2.57. The van der Waals surface area contributed by atoms with Crippen LogP contribution in [0, 0.1) is 6.92 Å². The number of aryl methyl sites for hydroxylation is 1. The van der Waals surface area contributed by atoms with Gasteiger partial charge in [-0.05, 0) is 72.6 Å². The molecule has 1 fully saturated rings. The highest BCUT2D eigenvalue weighted by Gasteiger charge is 2.26. The van der Waals surface area contributed by atoms with Gasteiger partial charge in [0.05, 0.1) is 19.9 Å². The van der Waals surface area contributed by atoms with E-state index in [0.717, 1.165) is 48.0 Å². The fraction of sp³-hybridized carbons (Fsp3) is 0.409. The van der Waals surface area contributed by atoms with Gasteiger partial charge in [-0.3, -0.25) is 0 Å². The summed E-state index contributed by atoms with van der Waals surface area (Å²) in [6.07, 6.45) is 2.25. The molecular weight excluding hydrogens is 380 g/mol. The molecule has 0 radical (unpaired) electrons. The summed E-state index contributed by atoms with van der Waals surface area (Å²) in [7, 11) is 3.39. The molecule has 0 spiro atoms. The fourth-order valence-electron chi connectivity index (χ4n) is 4.02. The first-order valence-electron chi connectivity index (χ1n) is 10.2. The van der Waals surface area contributed by atoms with Gasteiger partial charge >= 0.3 is 0 Å². The summed E-state index contributed by atoms with van der Waals surface area (Å²) in [5.74, 6) is 2.47. The summed E-state index contributed by atoms with van der Waals surface area (Å²) in [5.41, 5.74) is 3.26. The number of methoxy groups -OCH3 is 2. The molecular formula is C22H28N6O2. The molecule has 30 heavy (non-hydrogen) atoms. The molecule has 2 heterocycles. The summed E-state index contributed by atoms with van der Waals surface area (Å²) < 4.78 is 12.6. The molecule has 1 aromatic heterocycles. The average molecular weight is 409 g/mol. The molecule has 4 rings (SSSR count). The number of ether oxygens (including phenoxy) is 2. The number of nitrogens with one attached hydrogen (secondary N) is 2. The van der Waals surface area contributed by atoms with Gasteiger partial charge in [0.15, 0.2) is 5.82 Å². The topological polar surface area (TPSA) is 86.1 Å². The predicted molar refractivity (Wildman–Crippen MR) is 114 cm³/mol. The number of benzene rings is 2. The maximum atomic E-state index is 5.59. The van der Waals surface area contributed by atoms with Crippen LogP contribution in [0.2, 0.25) is 0 Å². The van der Waals surface area contributed by atoms with Crippen molar-refractivity contribution in [2.24, 2.45) is 0 Å². The number of aromatic nitrogens is 4. The molecule has 2 aromatic carbocycles. The Morgan fingerprint density at radius 2 is 1.97 bits per heavy atom. The van der Waals surface area contributed by atoms with Crippen molar-refractivity contribution in [2.75, 3.05) is 20.8 Å². The van der Waals surface area contributed by atoms with E-state index in [1.165, 1.54) is 5.56 Å². The Morgan fingerprint density at radius 3 is 2.67 bits per heavy atom. The quantitative estimate of drug-likeness (QED) is 0.621. The fourth-order valence-corrected chi connectivity index (χ4v) is 4.02. The lowest BCUT2D eigenvalue weighted by molar-refractivity contribution is 0.302. The number of nitrogens with zero attached hydrogens (tertiary/aromatic N) is 4. The van der Waals surface area contributed by atoms with Crippen molar-refractivity contribution in [3.8, 4) is 17.2 Å². The van der Waals surface area contributed by atoms with E-state index in [1.54, 1.807) is 18.9 Å². The van der Waals surface area contributed by atoms with Crippen LogP contribution < -0.4 is 20.1 Å². The highest BCUT2D eigenvalue weighted by molar-refractivity contribution is 5.44. The summed E-state index contributed by atoms with van der Waals surface area (Å²) in [6.45, 7) is 3.60. The van der Waals surface area contributed by atoms with Crippen LogP contribution in [-0.2, 0) is 6.54 Å². The zero-order valence-corrected chi connectivity index (χ0v) is 17.6. The van der Waals surface area contributed by atoms with E-state index < -0.39 is 0 Å². The van der Waals surface area contributed by atoms with Gasteiger partial charge in [0.25, 0.3) is 0 Å². The van der Waals surface area contributed by atoms with Gasteiger partial charge in [-0.1, -0.05) is 12.1 Å². The van der Waals surface area contributed by atoms with Crippen molar-refractivity contribution in [1.82, 2.24) is 30.8 Å². The molecule has 8 heteroatoms. The minimum Gasteiger partial charge on any atom is -0.497 e. The van der Waals surface area contributed by atoms with E-state index in [-0.39, 0.29) is 6.04 Å². The Kier molecular flexibility index (Phi) is 6.25. The molecule has 0 unspecified atom stereocenters. The number of piperidine rings is 1. The first kappa shape index (κ1) is 20.3. The molecule has 0 aliphatic carbocycles. The zero-order chi connectivity index (χ0) is 20.9. The lowest BCUT2D eigenvalue weighted by atomic mass is 9.92. The lowest BCUT2D eigenvalue weighted by Crippen LogP contribution is -2.45. The molecule has 2 N–H and O–H groups in total. The second kappa shape index (κ2) is 9.23. The van der Waals surface area contributed by atoms with Crippen molar-refractivity contribution in [1.29, 1.82) is 0 Å². The van der Waals surface area contributed by atoms with Gasteiger partial charge in [0.2, 0.25) is 0 Å². The molecule has 8 nitrogen and oxygen atoms in total. The molecule has 1 saturated heterocycles. The molecule has 3 aromatic rings. The zero-order valence-electron chi connectivity index (χ0n) is 17.6. The van der Waals surface area contributed by atoms with E-state index in [2.05, 4.69) is 44.4 Å². The van der Waals surface area contributed by atoms with E-state index in [0.29, 0.717) is 12.6 Å². The SMILES string of the molecule is COc1ccc([C@@H]2NCCC[C@@H]2NCc2cc(-n3nnnc3C)ccc2OC)cc1. The Morgan fingerprint density at radius 1 is 1.13 bits per heavy atom. The highest BCUT2D eigenvalue weighted by Crippen LogP contribution is 2.27. The van der Waals surface area contributed by atoms with Crippen LogP contribution in [0.25, 0.3) is 5.69 Å². The average Bonchev–Trinajstić information content (AvgIpc) is 3.23. The smallest absolute Gasteiger partial charge is 0.153 e. The van der Waals surface area contributed by atoms with Crippen LogP contribution in [0.15, 0.2) is 42.5 Å². The summed E-state index contributed by atoms with van der Waals surface area (Å²) in [6, 6.07) is 14.9. The molecule has 158 valence electrons. The van der Waals surface area contributed by atoms with Crippen molar-refractivity contribution < 1.29 is 9.47 Å². The van der Waals surface area contributed by atoms with Crippen LogP contribution in [0.5, 0.6) is 11.5 Å². The van der Waals surface area contributed by atoms with E-state index in [9.17, 15) is 0 Å². The van der Waals surface area contributed by atoms with Crippen LogP contribution >= 0.6 is 0 Å². The van der Waals surface area contributed by atoms with Crippen LogP contribution in [0.3, 0.4) is 0 Å². The highest BCUT2D eigenvalue weighted by atomic mass is 16.5. The first-order chi connectivity index (χ1) is 14.7. The van der Waals surface area contributed by atoms with Gasteiger partial charge < -0.3 is 20.1 Å². The Labute approximate surface area is 176 Å². The molecule has 0 amide bonds. The normalized spacial score (nSPS) is 18.9. The van der Waals surface area contributed by atoms with Gasteiger partial charge in [-0.25, -0.2) is 0 Å². The number of hydrogen-bond donors (Lipinski definition) is 2. The first-order valence-corrected chi connectivity index (χ1v) is 10.2. The number of tetrazole rings is 1. The second-order valence-electron chi connectivity index (χ2n) is 7.47. The third kappa shape index (κ3) is 4.29. The van der Waals surface area contributed by atoms with E-state index in [4.69, 9.17) is 9.47 Å². The van der Waals surface area contributed by atoms with Crippen molar-refractivity contribution >= 4 is 0 Å². The van der Waals surface area contributed by atoms with Crippen molar-refractivity contribution in [3.63, 3.8) is 0 Å². The van der Waals surface area contributed by atoms with Gasteiger partial charge in [-0.15, -0.1) is 5.10 Å².